The van der Waals surface area contributed by atoms with Crippen LogP contribution in [-0.2, 0) is 9.59 Å². The number of rotatable bonds is 6. The van der Waals surface area contributed by atoms with Crippen LogP contribution in [0.4, 0.5) is 0 Å². The number of carboxylic acids is 2. The van der Waals surface area contributed by atoms with Gasteiger partial charge in [0, 0.05) is 12.1 Å². The highest BCUT2D eigenvalue weighted by Gasteiger charge is 2.33. The Bertz CT molecular complexity index is 981. The summed E-state index contributed by atoms with van der Waals surface area (Å²) in [5.41, 5.74) is -2.37. The van der Waals surface area contributed by atoms with E-state index in [9.17, 15) is 34.2 Å². The Morgan fingerprint density at radius 1 is 0.871 bits per heavy atom. The number of amides is 1. The Morgan fingerprint density at radius 3 is 2.00 bits per heavy atom. The van der Waals surface area contributed by atoms with Crippen molar-refractivity contribution in [2.45, 2.75) is 69.9 Å². The third-order valence-electron chi connectivity index (χ3n) is 6.27. The summed E-state index contributed by atoms with van der Waals surface area (Å²) in [4.78, 5) is 61.0. The Balaban J connectivity index is 2.08. The predicted octanol–water partition coefficient (Wildman–Crippen LogP) is 0.851. The van der Waals surface area contributed by atoms with Crippen molar-refractivity contribution in [1.29, 1.82) is 0 Å². The highest BCUT2D eigenvalue weighted by Crippen LogP contribution is 2.33. The molecule has 1 amide bonds. The van der Waals surface area contributed by atoms with Crippen molar-refractivity contribution in [2.24, 2.45) is 5.92 Å². The average molecular weight is 437 g/mol. The third-order valence-corrected chi connectivity index (χ3v) is 6.27. The molecule has 0 aromatic carbocycles. The molecule has 2 saturated carbocycles. The summed E-state index contributed by atoms with van der Waals surface area (Å²) in [6.45, 7) is -0.746. The second-order valence-electron chi connectivity index (χ2n) is 8.24. The van der Waals surface area contributed by atoms with E-state index in [0.717, 1.165) is 28.4 Å². The maximum absolute atomic E-state index is 13.3. The maximum atomic E-state index is 13.3. The number of carbonyl (C=O) groups is 3. The number of aliphatic carboxylic acids is 2. The van der Waals surface area contributed by atoms with Gasteiger partial charge in [-0.3, -0.25) is 28.3 Å². The molecule has 3 rings (SSSR count). The van der Waals surface area contributed by atoms with Crippen molar-refractivity contribution in [3.8, 4) is 5.88 Å². The van der Waals surface area contributed by atoms with Crippen LogP contribution < -0.4 is 16.6 Å². The summed E-state index contributed by atoms with van der Waals surface area (Å²) in [7, 11) is 0. The summed E-state index contributed by atoms with van der Waals surface area (Å²) in [6.07, 6.45) is 4.99. The van der Waals surface area contributed by atoms with E-state index in [4.69, 9.17) is 5.11 Å². The third kappa shape index (κ3) is 4.64. The fourth-order valence-electron chi connectivity index (χ4n) is 4.64. The normalized spacial score (nSPS) is 22.1. The number of hydrogen-bond acceptors (Lipinski definition) is 6. The lowest BCUT2D eigenvalue weighted by molar-refractivity contribution is -0.143. The van der Waals surface area contributed by atoms with Crippen LogP contribution in [0.5, 0.6) is 5.88 Å². The molecule has 0 aliphatic heterocycles. The molecule has 2 aliphatic carbocycles. The standard InChI is InChI=1S/C20H27N3O8/c24-14(25)10-21-16(26)15-17(27)22(12-4-2-1-3-5-12)20(31)23(18(15)28)13-8-6-11(7-9-13)19(29)30/h11-13,27H,1-10H2,(H,21,26)(H,24,25)(H,29,30). The monoisotopic (exact) mass is 437 g/mol. The zero-order valence-corrected chi connectivity index (χ0v) is 17.1. The number of hydrogen-bond donors (Lipinski definition) is 4. The van der Waals surface area contributed by atoms with Crippen LogP contribution >= 0.6 is 0 Å². The molecule has 0 atom stereocenters. The first-order valence-corrected chi connectivity index (χ1v) is 10.5. The van der Waals surface area contributed by atoms with E-state index in [1.54, 1.807) is 0 Å². The summed E-state index contributed by atoms with van der Waals surface area (Å²) in [5, 5.41) is 30.8. The number of nitrogens with zero attached hydrogens (tertiary/aromatic N) is 2. The van der Waals surface area contributed by atoms with Crippen molar-refractivity contribution in [3.05, 3.63) is 26.4 Å². The van der Waals surface area contributed by atoms with Crippen LogP contribution in [0.15, 0.2) is 9.59 Å². The van der Waals surface area contributed by atoms with Gasteiger partial charge in [0.2, 0.25) is 5.88 Å². The van der Waals surface area contributed by atoms with Gasteiger partial charge in [-0.15, -0.1) is 0 Å². The first-order chi connectivity index (χ1) is 14.7. The molecule has 0 radical (unpaired) electrons. The maximum Gasteiger partial charge on any atom is 0.334 e. The molecule has 4 N–H and O–H groups in total. The van der Waals surface area contributed by atoms with E-state index in [2.05, 4.69) is 5.32 Å². The molecule has 31 heavy (non-hydrogen) atoms. The number of carboxylic acid groups (broad SMARTS) is 2. The molecule has 2 aliphatic rings. The smallest absolute Gasteiger partial charge is 0.334 e. The molecule has 0 unspecified atom stereocenters. The molecule has 11 nitrogen and oxygen atoms in total. The van der Waals surface area contributed by atoms with Crippen molar-refractivity contribution in [2.75, 3.05) is 6.54 Å². The minimum atomic E-state index is -1.32. The summed E-state index contributed by atoms with van der Waals surface area (Å²) in [6, 6.07) is -0.980. The molecule has 0 spiro atoms. The van der Waals surface area contributed by atoms with Gasteiger partial charge in [0.05, 0.1) is 5.92 Å². The lowest BCUT2D eigenvalue weighted by atomic mass is 9.86. The van der Waals surface area contributed by atoms with Crippen LogP contribution in [-0.4, -0.2) is 48.8 Å². The minimum absolute atomic E-state index is 0.276. The van der Waals surface area contributed by atoms with Gasteiger partial charge >= 0.3 is 17.6 Å². The van der Waals surface area contributed by atoms with Gasteiger partial charge < -0.3 is 20.6 Å². The zero-order valence-electron chi connectivity index (χ0n) is 17.1. The molecular formula is C20H27N3O8. The van der Waals surface area contributed by atoms with E-state index in [1.807, 2.05) is 0 Å². The zero-order chi connectivity index (χ0) is 22.7. The van der Waals surface area contributed by atoms with Crippen molar-refractivity contribution in [3.63, 3.8) is 0 Å². The molecule has 0 saturated heterocycles. The molecule has 1 aromatic heterocycles. The molecule has 170 valence electrons. The number of aromatic nitrogens is 2. The van der Waals surface area contributed by atoms with Crippen LogP contribution in [0.3, 0.4) is 0 Å². The molecule has 1 heterocycles. The largest absolute Gasteiger partial charge is 0.494 e. The second-order valence-corrected chi connectivity index (χ2v) is 8.24. The lowest BCUT2D eigenvalue weighted by Crippen LogP contribution is -2.48. The van der Waals surface area contributed by atoms with Gasteiger partial charge in [-0.2, -0.15) is 0 Å². The Morgan fingerprint density at radius 2 is 1.45 bits per heavy atom. The van der Waals surface area contributed by atoms with E-state index in [1.165, 1.54) is 0 Å². The Labute approximate surface area is 177 Å². The van der Waals surface area contributed by atoms with Gasteiger partial charge in [-0.25, -0.2) is 4.79 Å². The number of carbonyl (C=O) groups excluding carboxylic acids is 1. The van der Waals surface area contributed by atoms with E-state index in [-0.39, 0.29) is 31.7 Å². The van der Waals surface area contributed by atoms with Crippen LogP contribution in [0.2, 0.25) is 0 Å². The highest BCUT2D eigenvalue weighted by atomic mass is 16.4. The quantitative estimate of drug-likeness (QED) is 0.508. The Hall–Kier alpha value is -3.11. The van der Waals surface area contributed by atoms with E-state index in [0.29, 0.717) is 12.8 Å². The van der Waals surface area contributed by atoms with Gasteiger partial charge in [-0.1, -0.05) is 19.3 Å². The lowest BCUT2D eigenvalue weighted by Gasteiger charge is -2.30. The van der Waals surface area contributed by atoms with Gasteiger partial charge in [0.25, 0.3) is 11.5 Å². The predicted molar refractivity (Wildman–Crippen MR) is 107 cm³/mol. The average Bonchev–Trinajstić information content (AvgIpc) is 2.73. The van der Waals surface area contributed by atoms with Gasteiger partial charge in [-0.05, 0) is 38.5 Å². The molecule has 1 aromatic rings. The first-order valence-electron chi connectivity index (χ1n) is 10.5. The van der Waals surface area contributed by atoms with Crippen molar-refractivity contribution in [1.82, 2.24) is 14.5 Å². The summed E-state index contributed by atoms with van der Waals surface area (Å²) < 4.78 is 2.03. The van der Waals surface area contributed by atoms with Crippen molar-refractivity contribution >= 4 is 17.8 Å². The topological polar surface area (TPSA) is 168 Å². The van der Waals surface area contributed by atoms with Crippen LogP contribution in [0, 0.1) is 5.92 Å². The van der Waals surface area contributed by atoms with E-state index < -0.39 is 59.0 Å². The molecule has 11 heteroatoms. The van der Waals surface area contributed by atoms with Crippen LogP contribution in [0.25, 0.3) is 0 Å². The SMILES string of the molecule is O=C(O)CNC(=O)c1c(O)n(C2CCCCC2)c(=O)n(C2CCC(C(=O)O)CC2)c1=O. The summed E-state index contributed by atoms with van der Waals surface area (Å²) in [5.74, 6) is -4.61. The minimum Gasteiger partial charge on any atom is -0.494 e. The number of aromatic hydroxyl groups is 1. The van der Waals surface area contributed by atoms with Crippen molar-refractivity contribution < 1.29 is 29.7 Å². The van der Waals surface area contributed by atoms with E-state index >= 15 is 0 Å². The Kier molecular flexibility index (Phi) is 6.81. The van der Waals surface area contributed by atoms with Gasteiger partial charge in [0.15, 0.2) is 5.56 Å². The highest BCUT2D eigenvalue weighted by molar-refractivity contribution is 5.97. The fraction of sp³-hybridized carbons (Fsp3) is 0.650. The second kappa shape index (κ2) is 9.36. The van der Waals surface area contributed by atoms with Gasteiger partial charge in [0.1, 0.15) is 6.54 Å². The first kappa shape index (κ1) is 22.6. The number of nitrogens with one attached hydrogen (secondary N) is 1. The molecule has 2 fully saturated rings. The fourth-order valence-corrected chi connectivity index (χ4v) is 4.64. The molecular weight excluding hydrogens is 410 g/mol. The van der Waals surface area contributed by atoms with Crippen LogP contribution in [0.1, 0.15) is 80.2 Å². The molecule has 0 bridgehead atoms. The summed E-state index contributed by atoms with van der Waals surface area (Å²) >= 11 is 0.